The molecule has 4 heteroatoms. The first-order chi connectivity index (χ1) is 7.13. The summed E-state index contributed by atoms with van der Waals surface area (Å²) < 4.78 is 10.8. The quantitative estimate of drug-likeness (QED) is 0.790. The van der Waals surface area contributed by atoms with E-state index in [0.717, 1.165) is 0 Å². The molecule has 0 amide bonds. The van der Waals surface area contributed by atoms with Crippen molar-refractivity contribution in [1.82, 2.24) is 0 Å². The molecule has 1 unspecified atom stereocenters. The Labute approximate surface area is 95.1 Å². The Balaban J connectivity index is 2.56. The van der Waals surface area contributed by atoms with Gasteiger partial charge in [-0.2, -0.15) is 0 Å². The smallest absolute Gasteiger partial charge is 0.138 e. The Morgan fingerprint density at radius 3 is 2.80 bits per heavy atom. The molecule has 0 aliphatic rings. The number of rotatable bonds is 5. The molecule has 2 N–H and O–H groups in total. The van der Waals surface area contributed by atoms with Crippen LogP contribution in [0.15, 0.2) is 18.2 Å². The topological polar surface area (TPSA) is 44.5 Å². The average molecular weight is 230 g/mol. The highest BCUT2D eigenvalue weighted by Gasteiger charge is 2.07. The van der Waals surface area contributed by atoms with E-state index in [4.69, 9.17) is 26.8 Å². The lowest BCUT2D eigenvalue weighted by Crippen LogP contribution is -2.19. The third kappa shape index (κ3) is 3.98. The van der Waals surface area contributed by atoms with Gasteiger partial charge in [-0.1, -0.05) is 11.6 Å². The van der Waals surface area contributed by atoms with Crippen molar-refractivity contribution in [2.75, 3.05) is 18.9 Å². The van der Waals surface area contributed by atoms with Gasteiger partial charge in [0, 0.05) is 12.3 Å². The highest BCUT2D eigenvalue weighted by molar-refractivity contribution is 6.32. The minimum absolute atomic E-state index is 0.0222. The summed E-state index contributed by atoms with van der Waals surface area (Å²) in [7, 11) is 0. The highest BCUT2D eigenvalue weighted by Crippen LogP contribution is 2.27. The van der Waals surface area contributed by atoms with Crippen LogP contribution in [0.25, 0.3) is 0 Å². The van der Waals surface area contributed by atoms with Crippen molar-refractivity contribution < 1.29 is 9.47 Å². The van der Waals surface area contributed by atoms with Crippen LogP contribution in [-0.2, 0) is 4.74 Å². The Bertz CT molecular complexity index is 317. The molecule has 0 fully saturated rings. The van der Waals surface area contributed by atoms with Crippen LogP contribution in [0.2, 0.25) is 5.02 Å². The minimum atomic E-state index is -0.0222. The van der Waals surface area contributed by atoms with Gasteiger partial charge in [0.15, 0.2) is 0 Å². The van der Waals surface area contributed by atoms with Crippen LogP contribution in [-0.4, -0.2) is 19.3 Å². The fourth-order valence-corrected chi connectivity index (χ4v) is 1.38. The first-order valence-corrected chi connectivity index (χ1v) is 5.30. The lowest BCUT2D eigenvalue weighted by Gasteiger charge is -2.15. The molecule has 0 radical (unpaired) electrons. The average Bonchev–Trinajstić information content (AvgIpc) is 2.19. The van der Waals surface area contributed by atoms with Crippen LogP contribution in [0, 0.1) is 0 Å². The zero-order chi connectivity index (χ0) is 11.3. The Morgan fingerprint density at radius 2 is 2.20 bits per heavy atom. The van der Waals surface area contributed by atoms with Crippen LogP contribution in [0.5, 0.6) is 5.75 Å². The number of nitrogens with two attached hydrogens (primary N) is 1. The van der Waals surface area contributed by atoms with Crippen molar-refractivity contribution >= 4 is 17.3 Å². The number of benzene rings is 1. The zero-order valence-electron chi connectivity index (χ0n) is 9.00. The summed E-state index contributed by atoms with van der Waals surface area (Å²) in [5, 5.41) is 0.526. The second-order valence-electron chi connectivity index (χ2n) is 3.28. The number of ether oxygens (including phenoxy) is 2. The van der Waals surface area contributed by atoms with Gasteiger partial charge in [0.05, 0.1) is 11.6 Å². The van der Waals surface area contributed by atoms with Gasteiger partial charge in [-0.25, -0.2) is 0 Å². The lowest BCUT2D eigenvalue weighted by atomic mass is 10.3. The fourth-order valence-electron chi connectivity index (χ4n) is 1.15. The third-order valence-corrected chi connectivity index (χ3v) is 2.14. The van der Waals surface area contributed by atoms with Crippen molar-refractivity contribution in [2.45, 2.75) is 20.0 Å². The van der Waals surface area contributed by atoms with Crippen LogP contribution >= 0.6 is 11.6 Å². The minimum Gasteiger partial charge on any atom is -0.487 e. The van der Waals surface area contributed by atoms with E-state index in [-0.39, 0.29) is 6.10 Å². The summed E-state index contributed by atoms with van der Waals surface area (Å²) in [6.45, 7) is 5.12. The monoisotopic (exact) mass is 229 g/mol. The summed E-state index contributed by atoms with van der Waals surface area (Å²) >= 11 is 5.96. The molecule has 0 aromatic heterocycles. The van der Waals surface area contributed by atoms with Crippen molar-refractivity contribution in [3.63, 3.8) is 0 Å². The normalized spacial score (nSPS) is 12.5. The number of halogens is 1. The Hall–Kier alpha value is -0.930. The molecule has 3 nitrogen and oxygen atoms in total. The summed E-state index contributed by atoms with van der Waals surface area (Å²) in [6.07, 6.45) is -0.0222. The van der Waals surface area contributed by atoms with Gasteiger partial charge in [0.2, 0.25) is 0 Å². The van der Waals surface area contributed by atoms with E-state index in [9.17, 15) is 0 Å². The van der Waals surface area contributed by atoms with Gasteiger partial charge < -0.3 is 15.2 Å². The van der Waals surface area contributed by atoms with E-state index >= 15 is 0 Å². The first kappa shape index (κ1) is 12.1. The standard InChI is InChI=1S/C11H16ClNO2/c1-3-14-7-8(2)15-11-5-4-9(13)6-10(11)12/h4-6,8H,3,7,13H2,1-2H3. The lowest BCUT2D eigenvalue weighted by molar-refractivity contribution is 0.0658. The van der Waals surface area contributed by atoms with Crippen LogP contribution in [0.1, 0.15) is 13.8 Å². The maximum Gasteiger partial charge on any atom is 0.138 e. The van der Waals surface area contributed by atoms with Crippen molar-refractivity contribution in [3.8, 4) is 5.75 Å². The van der Waals surface area contributed by atoms with Gasteiger partial charge in [-0.3, -0.25) is 0 Å². The van der Waals surface area contributed by atoms with Crippen molar-refractivity contribution in [3.05, 3.63) is 23.2 Å². The van der Waals surface area contributed by atoms with Gasteiger partial charge in [-0.15, -0.1) is 0 Å². The number of nitrogen functional groups attached to an aromatic ring is 1. The molecule has 0 aliphatic carbocycles. The zero-order valence-corrected chi connectivity index (χ0v) is 9.75. The molecule has 1 atom stereocenters. The van der Waals surface area contributed by atoms with Crippen molar-refractivity contribution in [1.29, 1.82) is 0 Å². The largest absolute Gasteiger partial charge is 0.487 e. The van der Waals surface area contributed by atoms with Gasteiger partial charge >= 0.3 is 0 Å². The van der Waals surface area contributed by atoms with E-state index < -0.39 is 0 Å². The second-order valence-corrected chi connectivity index (χ2v) is 3.68. The number of hydrogen-bond donors (Lipinski definition) is 1. The maximum absolute atomic E-state index is 5.96. The molecular weight excluding hydrogens is 214 g/mol. The molecule has 84 valence electrons. The molecular formula is C11H16ClNO2. The molecule has 0 saturated heterocycles. The third-order valence-electron chi connectivity index (χ3n) is 1.84. The molecule has 0 spiro atoms. The molecule has 0 saturated carbocycles. The van der Waals surface area contributed by atoms with Gasteiger partial charge in [-0.05, 0) is 32.0 Å². The molecule has 1 aromatic carbocycles. The van der Waals surface area contributed by atoms with E-state index in [1.54, 1.807) is 18.2 Å². The molecule has 1 rings (SSSR count). The maximum atomic E-state index is 5.96. The number of hydrogen-bond acceptors (Lipinski definition) is 3. The Morgan fingerprint density at radius 1 is 1.47 bits per heavy atom. The Kier molecular flexibility index (Phi) is 4.72. The van der Waals surface area contributed by atoms with Gasteiger partial charge in [0.25, 0.3) is 0 Å². The van der Waals surface area contributed by atoms with Crippen molar-refractivity contribution in [2.24, 2.45) is 0 Å². The second kappa shape index (κ2) is 5.83. The summed E-state index contributed by atoms with van der Waals surface area (Å²) in [6, 6.07) is 5.19. The number of anilines is 1. The predicted octanol–water partition coefficient (Wildman–Crippen LogP) is 2.73. The van der Waals surface area contributed by atoms with E-state index in [0.29, 0.717) is 29.7 Å². The first-order valence-electron chi connectivity index (χ1n) is 4.93. The highest BCUT2D eigenvalue weighted by atomic mass is 35.5. The molecule has 0 heterocycles. The fraction of sp³-hybridized carbons (Fsp3) is 0.455. The van der Waals surface area contributed by atoms with Gasteiger partial charge in [0.1, 0.15) is 11.9 Å². The molecule has 0 bridgehead atoms. The van der Waals surface area contributed by atoms with E-state index in [1.807, 2.05) is 13.8 Å². The van der Waals surface area contributed by atoms with E-state index in [2.05, 4.69) is 0 Å². The van der Waals surface area contributed by atoms with Crippen LogP contribution < -0.4 is 10.5 Å². The van der Waals surface area contributed by atoms with Crippen LogP contribution in [0.3, 0.4) is 0 Å². The SMILES string of the molecule is CCOCC(C)Oc1ccc(N)cc1Cl. The van der Waals surface area contributed by atoms with E-state index in [1.165, 1.54) is 0 Å². The molecule has 1 aromatic rings. The molecule has 0 aliphatic heterocycles. The summed E-state index contributed by atoms with van der Waals surface area (Å²) in [5.74, 6) is 0.637. The summed E-state index contributed by atoms with van der Waals surface area (Å²) in [4.78, 5) is 0. The molecule has 15 heavy (non-hydrogen) atoms. The predicted molar refractivity (Wildman–Crippen MR) is 62.4 cm³/mol. The summed E-state index contributed by atoms with van der Waals surface area (Å²) in [5.41, 5.74) is 6.20. The van der Waals surface area contributed by atoms with Crippen LogP contribution in [0.4, 0.5) is 5.69 Å².